The first kappa shape index (κ1) is 22.1. The molecule has 2 aromatic rings. The summed E-state index contributed by atoms with van der Waals surface area (Å²) < 4.78 is 1.96. The standard InChI is InChI=1S/C24H34N4O2/c1-16(2)15-21-22(24(30)27-13-11-26(12-14-27)19(6)29)23(17(3)4)28(25-21)20-9-7-18(5)8-10-20/h7-10,16-17H,11-15H2,1-6H3. The van der Waals surface area contributed by atoms with E-state index in [0.717, 1.165) is 29.1 Å². The monoisotopic (exact) mass is 410 g/mol. The number of amides is 2. The van der Waals surface area contributed by atoms with Gasteiger partial charge in [-0.05, 0) is 37.3 Å². The Morgan fingerprint density at radius 2 is 1.53 bits per heavy atom. The number of carbonyl (C=O) groups excluding carboxylic acids is 2. The van der Waals surface area contributed by atoms with Gasteiger partial charge in [-0.1, -0.05) is 45.4 Å². The molecule has 0 radical (unpaired) electrons. The summed E-state index contributed by atoms with van der Waals surface area (Å²) >= 11 is 0. The zero-order chi connectivity index (χ0) is 22.0. The van der Waals surface area contributed by atoms with E-state index in [9.17, 15) is 9.59 Å². The third-order valence-corrected chi connectivity index (χ3v) is 5.65. The number of aromatic nitrogens is 2. The highest BCUT2D eigenvalue weighted by Crippen LogP contribution is 2.29. The van der Waals surface area contributed by atoms with Gasteiger partial charge in [0.2, 0.25) is 5.91 Å². The lowest BCUT2D eigenvalue weighted by atomic mass is 9.97. The van der Waals surface area contributed by atoms with Gasteiger partial charge in [0.25, 0.3) is 5.91 Å². The molecule has 1 aromatic carbocycles. The summed E-state index contributed by atoms with van der Waals surface area (Å²) in [5, 5.41) is 4.94. The van der Waals surface area contributed by atoms with Crippen LogP contribution >= 0.6 is 0 Å². The number of hydrogen-bond donors (Lipinski definition) is 0. The van der Waals surface area contributed by atoms with Gasteiger partial charge in [0.15, 0.2) is 0 Å². The van der Waals surface area contributed by atoms with Crippen LogP contribution in [0.15, 0.2) is 24.3 Å². The first-order valence-electron chi connectivity index (χ1n) is 10.9. The number of piperazine rings is 1. The number of carbonyl (C=O) groups is 2. The summed E-state index contributed by atoms with van der Waals surface area (Å²) in [6.45, 7) is 14.5. The summed E-state index contributed by atoms with van der Waals surface area (Å²) in [5.41, 5.74) is 4.76. The molecule has 6 nitrogen and oxygen atoms in total. The number of rotatable bonds is 5. The molecule has 0 saturated carbocycles. The molecule has 0 bridgehead atoms. The van der Waals surface area contributed by atoms with Crippen molar-refractivity contribution in [3.63, 3.8) is 0 Å². The molecule has 0 N–H and O–H groups in total. The Morgan fingerprint density at radius 3 is 2.03 bits per heavy atom. The highest BCUT2D eigenvalue weighted by atomic mass is 16.2. The Labute approximate surface area is 179 Å². The lowest BCUT2D eigenvalue weighted by Gasteiger charge is -2.34. The summed E-state index contributed by atoms with van der Waals surface area (Å²) in [6, 6.07) is 8.28. The van der Waals surface area contributed by atoms with E-state index in [1.165, 1.54) is 5.56 Å². The minimum Gasteiger partial charge on any atom is -0.339 e. The second-order valence-corrected chi connectivity index (χ2v) is 9.01. The molecule has 2 heterocycles. The fourth-order valence-corrected chi connectivity index (χ4v) is 4.04. The van der Waals surface area contributed by atoms with Crippen molar-refractivity contribution in [3.05, 3.63) is 46.8 Å². The molecule has 2 amide bonds. The number of nitrogens with zero attached hydrogens (tertiary/aromatic N) is 4. The molecule has 0 spiro atoms. The lowest BCUT2D eigenvalue weighted by molar-refractivity contribution is -0.130. The van der Waals surface area contributed by atoms with E-state index < -0.39 is 0 Å². The fourth-order valence-electron chi connectivity index (χ4n) is 4.04. The molecule has 1 saturated heterocycles. The zero-order valence-electron chi connectivity index (χ0n) is 19.1. The Hall–Kier alpha value is -2.63. The summed E-state index contributed by atoms with van der Waals surface area (Å²) in [7, 11) is 0. The fraction of sp³-hybridized carbons (Fsp3) is 0.542. The van der Waals surface area contributed by atoms with Crippen LogP contribution in [0.25, 0.3) is 5.69 Å². The predicted octanol–water partition coefficient (Wildman–Crippen LogP) is 3.81. The molecule has 1 aliphatic heterocycles. The highest BCUT2D eigenvalue weighted by molar-refractivity contribution is 5.97. The van der Waals surface area contributed by atoms with Crippen LogP contribution in [0.4, 0.5) is 0 Å². The maximum absolute atomic E-state index is 13.7. The zero-order valence-corrected chi connectivity index (χ0v) is 19.1. The molecule has 0 unspecified atom stereocenters. The maximum Gasteiger partial charge on any atom is 0.257 e. The average Bonchev–Trinajstić information content (AvgIpc) is 3.06. The molecule has 6 heteroatoms. The van der Waals surface area contributed by atoms with Crippen molar-refractivity contribution < 1.29 is 9.59 Å². The molecule has 0 atom stereocenters. The first-order chi connectivity index (χ1) is 14.2. The van der Waals surface area contributed by atoms with Gasteiger partial charge in [0.05, 0.1) is 22.6 Å². The quantitative estimate of drug-likeness (QED) is 0.753. The average molecular weight is 411 g/mol. The van der Waals surface area contributed by atoms with Crippen LogP contribution in [0.1, 0.15) is 67.8 Å². The van der Waals surface area contributed by atoms with Gasteiger partial charge < -0.3 is 9.80 Å². The van der Waals surface area contributed by atoms with Gasteiger partial charge in [-0.2, -0.15) is 5.10 Å². The van der Waals surface area contributed by atoms with Crippen molar-refractivity contribution in [2.75, 3.05) is 26.2 Å². The summed E-state index contributed by atoms with van der Waals surface area (Å²) in [5.74, 6) is 0.651. The minimum atomic E-state index is 0.0379. The molecule has 0 aliphatic carbocycles. The van der Waals surface area contributed by atoms with Crippen LogP contribution in [0, 0.1) is 12.8 Å². The topological polar surface area (TPSA) is 58.4 Å². The van der Waals surface area contributed by atoms with E-state index in [4.69, 9.17) is 5.10 Å². The third-order valence-electron chi connectivity index (χ3n) is 5.65. The predicted molar refractivity (Wildman–Crippen MR) is 119 cm³/mol. The van der Waals surface area contributed by atoms with Gasteiger partial charge >= 0.3 is 0 Å². The van der Waals surface area contributed by atoms with Crippen molar-refractivity contribution >= 4 is 11.8 Å². The maximum atomic E-state index is 13.7. The number of aryl methyl sites for hydroxylation is 1. The third kappa shape index (κ3) is 4.58. The van der Waals surface area contributed by atoms with Gasteiger partial charge in [-0.15, -0.1) is 0 Å². The smallest absolute Gasteiger partial charge is 0.257 e. The Balaban J connectivity index is 2.04. The lowest BCUT2D eigenvalue weighted by Crippen LogP contribution is -2.50. The van der Waals surface area contributed by atoms with Gasteiger partial charge in [0, 0.05) is 33.1 Å². The van der Waals surface area contributed by atoms with Crippen LogP contribution < -0.4 is 0 Å². The van der Waals surface area contributed by atoms with E-state index in [1.54, 1.807) is 11.8 Å². The van der Waals surface area contributed by atoms with Crippen LogP contribution in [0.2, 0.25) is 0 Å². The minimum absolute atomic E-state index is 0.0379. The van der Waals surface area contributed by atoms with E-state index in [0.29, 0.717) is 32.1 Å². The Bertz CT molecular complexity index is 904. The number of benzene rings is 1. The second kappa shape index (κ2) is 9.02. The van der Waals surface area contributed by atoms with E-state index in [-0.39, 0.29) is 17.7 Å². The van der Waals surface area contributed by atoms with Crippen LogP contribution in [0.3, 0.4) is 0 Å². The summed E-state index contributed by atoms with van der Waals surface area (Å²) in [4.78, 5) is 29.0. The van der Waals surface area contributed by atoms with E-state index >= 15 is 0 Å². The molecule has 3 rings (SSSR count). The van der Waals surface area contributed by atoms with Crippen molar-refractivity contribution in [2.45, 2.75) is 53.9 Å². The molecular weight excluding hydrogens is 376 g/mol. The second-order valence-electron chi connectivity index (χ2n) is 9.01. The molecule has 1 aliphatic rings. The Morgan fingerprint density at radius 1 is 0.967 bits per heavy atom. The van der Waals surface area contributed by atoms with Crippen LogP contribution in [-0.4, -0.2) is 57.6 Å². The summed E-state index contributed by atoms with van der Waals surface area (Å²) in [6.07, 6.45) is 0.757. The van der Waals surface area contributed by atoms with Gasteiger partial charge in [-0.3, -0.25) is 9.59 Å². The van der Waals surface area contributed by atoms with Crippen molar-refractivity contribution in [1.82, 2.24) is 19.6 Å². The van der Waals surface area contributed by atoms with Gasteiger partial charge in [-0.25, -0.2) is 4.68 Å². The number of hydrogen-bond acceptors (Lipinski definition) is 3. The normalized spacial score (nSPS) is 14.7. The largest absolute Gasteiger partial charge is 0.339 e. The highest BCUT2D eigenvalue weighted by Gasteiger charge is 2.31. The SMILES string of the molecule is CC(=O)N1CCN(C(=O)c2c(CC(C)C)nn(-c3ccc(C)cc3)c2C(C)C)CC1. The van der Waals surface area contributed by atoms with Crippen LogP contribution in [0.5, 0.6) is 0 Å². The van der Waals surface area contributed by atoms with Gasteiger partial charge in [0.1, 0.15) is 0 Å². The molecule has 30 heavy (non-hydrogen) atoms. The molecule has 162 valence electrons. The van der Waals surface area contributed by atoms with E-state index in [2.05, 4.69) is 58.9 Å². The van der Waals surface area contributed by atoms with Crippen LogP contribution in [-0.2, 0) is 11.2 Å². The molecular formula is C24H34N4O2. The Kier molecular flexibility index (Phi) is 6.64. The van der Waals surface area contributed by atoms with E-state index in [1.807, 2.05) is 9.58 Å². The molecule has 1 aromatic heterocycles. The first-order valence-corrected chi connectivity index (χ1v) is 10.9. The molecule has 1 fully saturated rings. The van der Waals surface area contributed by atoms with Crippen molar-refractivity contribution in [3.8, 4) is 5.69 Å². The van der Waals surface area contributed by atoms with Crippen molar-refractivity contribution in [1.29, 1.82) is 0 Å². The van der Waals surface area contributed by atoms with Crippen molar-refractivity contribution in [2.24, 2.45) is 5.92 Å².